The molecule has 1 heterocycles. The van der Waals surface area contributed by atoms with E-state index in [1.165, 1.54) is 4.68 Å². The Balaban J connectivity index is 2.71. The Hall–Kier alpha value is -0.945. The van der Waals surface area contributed by atoms with Gasteiger partial charge in [0.2, 0.25) is 0 Å². The molecule has 108 valence electrons. The molecule has 0 radical (unpaired) electrons. The zero-order valence-electron chi connectivity index (χ0n) is 12.1. The van der Waals surface area contributed by atoms with Gasteiger partial charge in [0, 0.05) is 6.20 Å². The lowest BCUT2D eigenvalue weighted by atomic mass is 9.83. The molecule has 0 aromatic carbocycles. The van der Waals surface area contributed by atoms with Crippen LogP contribution in [0.1, 0.15) is 33.4 Å². The maximum atomic E-state index is 12.3. The summed E-state index contributed by atoms with van der Waals surface area (Å²) in [5.41, 5.74) is -0.338. The Kier molecular flexibility index (Phi) is 4.74. The maximum Gasteiger partial charge on any atom is 0.312 e. The Morgan fingerprint density at radius 3 is 2.47 bits per heavy atom. The van der Waals surface area contributed by atoms with Crippen molar-refractivity contribution < 1.29 is 18.5 Å². The van der Waals surface area contributed by atoms with E-state index in [9.17, 15) is 13.9 Å². The fourth-order valence-electron chi connectivity index (χ4n) is 1.37. The largest absolute Gasteiger partial charge is 0.427 e. The van der Waals surface area contributed by atoms with E-state index in [2.05, 4.69) is 5.10 Å². The molecule has 19 heavy (non-hydrogen) atoms. The van der Waals surface area contributed by atoms with Gasteiger partial charge < -0.3 is 9.76 Å². The van der Waals surface area contributed by atoms with E-state index in [0.717, 1.165) is 5.46 Å². The van der Waals surface area contributed by atoms with E-state index in [4.69, 9.17) is 4.65 Å². The Bertz CT molecular complexity index is 428. The van der Waals surface area contributed by atoms with Crippen molar-refractivity contribution in [2.45, 2.75) is 58.8 Å². The van der Waals surface area contributed by atoms with Gasteiger partial charge in [0.1, 0.15) is 6.54 Å². The number of halogens is 2. The van der Waals surface area contributed by atoms with Gasteiger partial charge in [0.05, 0.1) is 16.9 Å². The summed E-state index contributed by atoms with van der Waals surface area (Å²) in [6.45, 7) is 8.23. The van der Waals surface area contributed by atoms with Crippen LogP contribution in [-0.4, -0.2) is 40.0 Å². The molecule has 0 amide bonds. The van der Waals surface area contributed by atoms with E-state index in [0.29, 0.717) is 5.69 Å². The van der Waals surface area contributed by atoms with E-state index in [1.54, 1.807) is 40.8 Å². The average molecular weight is 274 g/mol. The Morgan fingerprint density at radius 2 is 2.00 bits per heavy atom. The van der Waals surface area contributed by atoms with Crippen molar-refractivity contribution >= 4 is 12.9 Å². The molecule has 4 nitrogen and oxygen atoms in total. The van der Waals surface area contributed by atoms with Crippen LogP contribution in [0.25, 0.3) is 0 Å². The standard InChI is InChI=1S/C12H21BF2N2O2/c1-8-9(6-17(16-8)7-10(14)15)13-19-12(4,5)11(2,3)18/h6,10,13,18H,7H2,1-5H3. The van der Waals surface area contributed by atoms with Crippen LogP contribution in [0.15, 0.2) is 6.20 Å². The number of nitrogens with zero attached hydrogens (tertiary/aromatic N) is 2. The van der Waals surface area contributed by atoms with Crippen molar-refractivity contribution in [2.75, 3.05) is 0 Å². The van der Waals surface area contributed by atoms with Crippen LogP contribution in [0.2, 0.25) is 0 Å². The minimum absolute atomic E-state index is 0.228. The molecule has 0 spiro atoms. The lowest BCUT2D eigenvalue weighted by Gasteiger charge is -2.37. The molecule has 0 bridgehead atoms. The van der Waals surface area contributed by atoms with Gasteiger partial charge in [-0.15, -0.1) is 0 Å². The molecule has 0 aliphatic carbocycles. The van der Waals surface area contributed by atoms with Gasteiger partial charge in [0.15, 0.2) is 0 Å². The third-order valence-corrected chi connectivity index (χ3v) is 3.43. The monoisotopic (exact) mass is 274 g/mol. The first-order valence-electron chi connectivity index (χ1n) is 6.20. The molecule has 1 aromatic rings. The number of aromatic nitrogens is 2. The summed E-state index contributed by atoms with van der Waals surface area (Å²) in [6.07, 6.45) is -0.872. The summed E-state index contributed by atoms with van der Waals surface area (Å²) in [4.78, 5) is 0. The Labute approximate surface area is 113 Å². The fraction of sp³-hybridized carbons (Fsp3) is 0.750. The smallest absolute Gasteiger partial charge is 0.312 e. The molecule has 0 fully saturated rings. The van der Waals surface area contributed by atoms with Gasteiger partial charge in [-0.25, -0.2) is 8.78 Å². The lowest BCUT2D eigenvalue weighted by Crippen LogP contribution is -2.49. The second kappa shape index (κ2) is 5.59. The van der Waals surface area contributed by atoms with Crippen molar-refractivity contribution in [1.29, 1.82) is 0 Å². The van der Waals surface area contributed by atoms with E-state index >= 15 is 0 Å². The highest BCUT2D eigenvalue weighted by atomic mass is 19.3. The molecule has 0 saturated carbocycles. The first-order chi connectivity index (χ1) is 8.53. The highest BCUT2D eigenvalue weighted by Gasteiger charge is 2.35. The van der Waals surface area contributed by atoms with E-state index in [1.807, 2.05) is 0 Å². The summed E-state index contributed by atoms with van der Waals surface area (Å²) in [7, 11) is 0.228. The zero-order chi connectivity index (χ0) is 14.8. The molecule has 0 saturated heterocycles. The third kappa shape index (κ3) is 4.28. The number of aryl methyl sites for hydroxylation is 1. The van der Waals surface area contributed by atoms with Crippen molar-refractivity contribution in [2.24, 2.45) is 0 Å². The molecular formula is C12H21BF2N2O2. The van der Waals surface area contributed by atoms with E-state index in [-0.39, 0.29) is 7.48 Å². The first kappa shape index (κ1) is 16.1. The molecule has 7 heteroatoms. The second-order valence-electron chi connectivity index (χ2n) is 5.71. The van der Waals surface area contributed by atoms with Crippen LogP contribution >= 0.6 is 0 Å². The SMILES string of the molecule is Cc1nn(CC(F)F)cc1BOC(C)(C)C(C)(C)O. The normalized spacial score (nSPS) is 13.1. The lowest BCUT2D eigenvalue weighted by molar-refractivity contribution is -0.0893. The van der Waals surface area contributed by atoms with Crippen LogP contribution in [-0.2, 0) is 11.2 Å². The van der Waals surface area contributed by atoms with Crippen LogP contribution in [0.3, 0.4) is 0 Å². The summed E-state index contributed by atoms with van der Waals surface area (Å²) in [6, 6.07) is 0. The predicted molar refractivity (Wildman–Crippen MR) is 71.2 cm³/mol. The molecule has 0 aliphatic heterocycles. The van der Waals surface area contributed by atoms with Crippen LogP contribution in [0, 0.1) is 6.92 Å². The highest BCUT2D eigenvalue weighted by Crippen LogP contribution is 2.24. The summed E-state index contributed by atoms with van der Waals surface area (Å²) in [5.74, 6) is 0. The van der Waals surface area contributed by atoms with Crippen LogP contribution in [0.5, 0.6) is 0 Å². The van der Waals surface area contributed by atoms with Gasteiger partial charge in [-0.2, -0.15) is 5.10 Å². The van der Waals surface area contributed by atoms with Gasteiger partial charge >= 0.3 is 7.48 Å². The fourth-order valence-corrected chi connectivity index (χ4v) is 1.37. The average Bonchev–Trinajstić information content (AvgIpc) is 2.53. The minimum atomic E-state index is -2.43. The molecule has 1 rings (SSSR count). The van der Waals surface area contributed by atoms with Crippen molar-refractivity contribution in [3.8, 4) is 0 Å². The van der Waals surface area contributed by atoms with Crippen molar-refractivity contribution in [3.63, 3.8) is 0 Å². The van der Waals surface area contributed by atoms with Crippen molar-refractivity contribution in [1.82, 2.24) is 9.78 Å². The van der Waals surface area contributed by atoms with Crippen LogP contribution in [0.4, 0.5) is 8.78 Å². The number of hydrogen-bond donors (Lipinski definition) is 1. The minimum Gasteiger partial charge on any atom is -0.427 e. The molecule has 0 atom stereocenters. The van der Waals surface area contributed by atoms with Gasteiger partial charge in [0.25, 0.3) is 6.43 Å². The van der Waals surface area contributed by atoms with Gasteiger partial charge in [-0.1, -0.05) is 0 Å². The topological polar surface area (TPSA) is 47.3 Å². The number of hydrogen-bond acceptors (Lipinski definition) is 3. The van der Waals surface area contributed by atoms with Crippen molar-refractivity contribution in [3.05, 3.63) is 11.9 Å². The highest BCUT2D eigenvalue weighted by molar-refractivity contribution is 6.47. The molecule has 1 aromatic heterocycles. The zero-order valence-corrected chi connectivity index (χ0v) is 12.1. The molecular weight excluding hydrogens is 253 g/mol. The summed E-state index contributed by atoms with van der Waals surface area (Å²) >= 11 is 0. The number of rotatable bonds is 6. The summed E-state index contributed by atoms with van der Waals surface area (Å²) in [5, 5.41) is 14.0. The molecule has 0 unspecified atom stereocenters. The van der Waals surface area contributed by atoms with E-state index < -0.39 is 24.2 Å². The summed E-state index contributed by atoms with van der Waals surface area (Å²) < 4.78 is 31.4. The maximum absolute atomic E-state index is 12.3. The molecule has 0 aliphatic rings. The number of alkyl halides is 2. The molecule has 1 N–H and O–H groups in total. The Morgan fingerprint density at radius 1 is 1.42 bits per heavy atom. The second-order valence-corrected chi connectivity index (χ2v) is 5.71. The third-order valence-electron chi connectivity index (χ3n) is 3.43. The van der Waals surface area contributed by atoms with Gasteiger partial charge in [-0.05, 0) is 40.1 Å². The quantitative estimate of drug-likeness (QED) is 0.787. The number of aliphatic hydroxyl groups is 1. The van der Waals surface area contributed by atoms with Crippen LogP contribution < -0.4 is 5.46 Å². The van der Waals surface area contributed by atoms with Gasteiger partial charge in [-0.3, -0.25) is 4.68 Å². The predicted octanol–water partition coefficient (Wildman–Crippen LogP) is 1.000. The first-order valence-corrected chi connectivity index (χ1v) is 6.20.